The fourth-order valence-corrected chi connectivity index (χ4v) is 2.33. The van der Waals surface area contributed by atoms with E-state index in [1.807, 2.05) is 0 Å². The summed E-state index contributed by atoms with van der Waals surface area (Å²) < 4.78 is 15.7. The molecule has 112 valence electrons. The molecule has 1 aromatic rings. The number of hydrogen-bond donors (Lipinski definition) is 1. The number of hydrogen-bond acceptors (Lipinski definition) is 7. The molecule has 1 fully saturated rings. The number of amides is 1. The van der Waals surface area contributed by atoms with Gasteiger partial charge >= 0.3 is 0 Å². The van der Waals surface area contributed by atoms with Gasteiger partial charge in [0.2, 0.25) is 11.7 Å². The van der Waals surface area contributed by atoms with E-state index in [2.05, 4.69) is 15.5 Å². The molecule has 1 heterocycles. The smallest absolute Gasteiger partial charge is 0.236 e. The number of nitrogens with zero attached hydrogens (tertiary/aromatic N) is 2. The average Bonchev–Trinajstić information content (AvgIpc) is 2.91. The van der Waals surface area contributed by atoms with Crippen LogP contribution < -0.4 is 19.5 Å². The predicted molar refractivity (Wildman–Crippen MR) is 81.7 cm³/mol. The van der Waals surface area contributed by atoms with Gasteiger partial charge in [0.05, 0.1) is 33.3 Å². The highest BCUT2D eigenvalue weighted by Crippen LogP contribution is 2.37. The van der Waals surface area contributed by atoms with Gasteiger partial charge in [0.15, 0.2) is 16.7 Å². The SMILES string of the molecule is COc1cc(C=NN=C2NC(=O)CS2)cc(OC)c1OC. The van der Waals surface area contributed by atoms with Crippen LogP contribution in [0.15, 0.2) is 22.3 Å². The molecule has 0 radical (unpaired) electrons. The van der Waals surface area contributed by atoms with Crippen LogP contribution in [0, 0.1) is 0 Å². The molecule has 1 saturated heterocycles. The van der Waals surface area contributed by atoms with Crippen LogP contribution in [0.25, 0.3) is 0 Å². The maximum absolute atomic E-state index is 11.0. The van der Waals surface area contributed by atoms with Crippen molar-refractivity contribution in [3.8, 4) is 17.2 Å². The van der Waals surface area contributed by atoms with Crippen molar-refractivity contribution in [1.29, 1.82) is 0 Å². The van der Waals surface area contributed by atoms with Crippen LogP contribution in [0.5, 0.6) is 17.2 Å². The summed E-state index contributed by atoms with van der Waals surface area (Å²) in [4.78, 5) is 11.0. The van der Waals surface area contributed by atoms with Gasteiger partial charge in [-0.2, -0.15) is 5.10 Å². The average molecular weight is 309 g/mol. The lowest BCUT2D eigenvalue weighted by Gasteiger charge is -2.12. The molecule has 0 atom stereocenters. The third-order valence-electron chi connectivity index (χ3n) is 2.63. The molecule has 1 aliphatic heterocycles. The number of amidine groups is 1. The summed E-state index contributed by atoms with van der Waals surface area (Å²) in [5.41, 5.74) is 0.739. The zero-order chi connectivity index (χ0) is 15.2. The molecule has 1 aromatic carbocycles. The third-order valence-corrected chi connectivity index (χ3v) is 3.49. The Morgan fingerprint density at radius 3 is 2.33 bits per heavy atom. The molecule has 0 aromatic heterocycles. The first kappa shape index (κ1) is 15.2. The summed E-state index contributed by atoms with van der Waals surface area (Å²) in [7, 11) is 4.63. The highest BCUT2D eigenvalue weighted by molar-refractivity contribution is 8.15. The van der Waals surface area contributed by atoms with Crippen molar-refractivity contribution in [2.45, 2.75) is 0 Å². The van der Waals surface area contributed by atoms with Crippen molar-refractivity contribution in [2.75, 3.05) is 27.1 Å². The molecular weight excluding hydrogens is 294 g/mol. The Kier molecular flexibility index (Phi) is 5.04. The molecule has 7 nitrogen and oxygen atoms in total. The van der Waals surface area contributed by atoms with Crippen molar-refractivity contribution in [2.24, 2.45) is 10.2 Å². The maximum Gasteiger partial charge on any atom is 0.236 e. The van der Waals surface area contributed by atoms with Gasteiger partial charge in [0.25, 0.3) is 0 Å². The van der Waals surface area contributed by atoms with Crippen LogP contribution in [0.3, 0.4) is 0 Å². The summed E-state index contributed by atoms with van der Waals surface area (Å²) >= 11 is 1.31. The molecule has 0 spiro atoms. The second-order valence-corrected chi connectivity index (χ2v) is 4.91. The van der Waals surface area contributed by atoms with Crippen LogP contribution in [0.1, 0.15) is 5.56 Å². The third kappa shape index (κ3) is 3.66. The molecule has 8 heteroatoms. The first-order valence-electron chi connectivity index (χ1n) is 6.01. The molecule has 1 N–H and O–H groups in total. The monoisotopic (exact) mass is 309 g/mol. The Bertz CT molecular complexity index is 576. The van der Waals surface area contributed by atoms with Crippen molar-refractivity contribution >= 4 is 29.1 Å². The van der Waals surface area contributed by atoms with E-state index in [9.17, 15) is 4.79 Å². The molecular formula is C13H15N3O4S. The van der Waals surface area contributed by atoms with Crippen molar-refractivity contribution in [1.82, 2.24) is 5.32 Å². The van der Waals surface area contributed by atoms with E-state index in [-0.39, 0.29) is 5.91 Å². The maximum atomic E-state index is 11.0. The largest absolute Gasteiger partial charge is 0.493 e. The van der Waals surface area contributed by atoms with Crippen LogP contribution in [-0.4, -0.2) is 44.4 Å². The van der Waals surface area contributed by atoms with E-state index in [0.29, 0.717) is 28.2 Å². The Balaban J connectivity index is 2.22. The number of rotatable bonds is 5. The van der Waals surface area contributed by atoms with E-state index in [1.165, 1.54) is 11.8 Å². The number of thioether (sulfide) groups is 1. The van der Waals surface area contributed by atoms with Crippen molar-refractivity contribution in [3.63, 3.8) is 0 Å². The lowest BCUT2D eigenvalue weighted by atomic mass is 10.2. The summed E-state index contributed by atoms with van der Waals surface area (Å²) in [5, 5.41) is 11.0. The van der Waals surface area contributed by atoms with Gasteiger partial charge in [-0.15, -0.1) is 5.10 Å². The zero-order valence-electron chi connectivity index (χ0n) is 11.9. The fraction of sp³-hybridized carbons (Fsp3) is 0.308. The number of benzene rings is 1. The van der Waals surface area contributed by atoms with E-state index in [1.54, 1.807) is 39.7 Å². The lowest BCUT2D eigenvalue weighted by molar-refractivity contribution is -0.116. The molecule has 0 bridgehead atoms. The minimum Gasteiger partial charge on any atom is -0.493 e. The Morgan fingerprint density at radius 2 is 1.86 bits per heavy atom. The first-order chi connectivity index (χ1) is 10.2. The molecule has 21 heavy (non-hydrogen) atoms. The molecule has 2 rings (SSSR count). The Hall–Kier alpha value is -2.22. The Morgan fingerprint density at radius 1 is 1.19 bits per heavy atom. The summed E-state index contributed by atoms with van der Waals surface area (Å²) in [5.74, 6) is 1.89. The van der Waals surface area contributed by atoms with E-state index < -0.39 is 0 Å². The van der Waals surface area contributed by atoms with Crippen molar-refractivity contribution in [3.05, 3.63) is 17.7 Å². The van der Waals surface area contributed by atoms with Crippen LogP contribution in [0.2, 0.25) is 0 Å². The standard InChI is InChI=1S/C13H15N3O4S/c1-18-9-4-8(5-10(19-2)12(9)20-3)6-14-16-13-15-11(17)7-21-13/h4-6H,7H2,1-3H3,(H,15,16,17). The lowest BCUT2D eigenvalue weighted by Crippen LogP contribution is -2.19. The minimum atomic E-state index is -0.0678. The van der Waals surface area contributed by atoms with Crippen molar-refractivity contribution < 1.29 is 19.0 Å². The molecule has 1 amide bonds. The summed E-state index contributed by atoms with van der Waals surface area (Å²) in [6.07, 6.45) is 1.54. The first-order valence-corrected chi connectivity index (χ1v) is 7.00. The van der Waals surface area contributed by atoms with Crippen LogP contribution in [-0.2, 0) is 4.79 Å². The summed E-state index contributed by atoms with van der Waals surface area (Å²) in [6, 6.07) is 3.51. The predicted octanol–water partition coefficient (Wildman–Crippen LogP) is 1.27. The van der Waals surface area contributed by atoms with Gasteiger partial charge in [0.1, 0.15) is 0 Å². The van der Waals surface area contributed by atoms with E-state index in [4.69, 9.17) is 14.2 Å². The van der Waals surface area contributed by atoms with Gasteiger partial charge in [-0.25, -0.2) is 0 Å². The van der Waals surface area contributed by atoms with E-state index in [0.717, 1.165) is 5.56 Å². The highest BCUT2D eigenvalue weighted by atomic mass is 32.2. The summed E-state index contributed by atoms with van der Waals surface area (Å²) in [6.45, 7) is 0. The van der Waals surface area contributed by atoms with Gasteiger partial charge < -0.3 is 19.5 Å². The fourth-order valence-electron chi connectivity index (χ4n) is 1.70. The number of carbonyl (C=O) groups excluding carboxylic acids is 1. The van der Waals surface area contributed by atoms with E-state index >= 15 is 0 Å². The van der Waals surface area contributed by atoms with Gasteiger partial charge in [-0.1, -0.05) is 11.8 Å². The Labute approximate surface area is 126 Å². The second kappa shape index (κ2) is 6.98. The van der Waals surface area contributed by atoms with Crippen LogP contribution >= 0.6 is 11.8 Å². The quantitative estimate of drug-likeness (QED) is 0.654. The molecule has 0 aliphatic carbocycles. The van der Waals surface area contributed by atoms with Gasteiger partial charge in [-0.3, -0.25) is 4.79 Å². The molecule has 1 aliphatic rings. The molecule has 0 unspecified atom stereocenters. The normalized spacial score (nSPS) is 16.3. The number of methoxy groups -OCH3 is 3. The van der Waals surface area contributed by atoms with Gasteiger partial charge in [-0.05, 0) is 12.1 Å². The second-order valence-electron chi connectivity index (χ2n) is 3.95. The minimum absolute atomic E-state index is 0.0678. The zero-order valence-corrected chi connectivity index (χ0v) is 12.7. The number of ether oxygens (including phenoxy) is 3. The molecule has 0 saturated carbocycles. The number of nitrogens with one attached hydrogen (secondary N) is 1. The highest BCUT2D eigenvalue weighted by Gasteiger charge is 2.16. The topological polar surface area (TPSA) is 81.5 Å². The van der Waals surface area contributed by atoms with Crippen LogP contribution in [0.4, 0.5) is 0 Å². The van der Waals surface area contributed by atoms with Gasteiger partial charge in [0, 0.05) is 5.56 Å². The number of carbonyl (C=O) groups is 1.